The minimum absolute atomic E-state index is 0. The number of hydrogen-bond donors (Lipinski definition) is 2. The van der Waals surface area contributed by atoms with Crippen LogP contribution in [0.1, 0.15) is 23.6 Å². The van der Waals surface area contributed by atoms with Crippen LogP contribution in [0.15, 0.2) is 59.6 Å². The summed E-state index contributed by atoms with van der Waals surface area (Å²) in [6.45, 7) is 5.99. The van der Waals surface area contributed by atoms with Crippen LogP contribution in [0.4, 0.5) is 0 Å². The predicted octanol–water partition coefficient (Wildman–Crippen LogP) is 3.13. The summed E-state index contributed by atoms with van der Waals surface area (Å²) in [4.78, 5) is 6.50. The summed E-state index contributed by atoms with van der Waals surface area (Å²) in [6.07, 6.45) is 0. The number of nitrogens with one attached hydrogen (secondary N) is 2. The number of rotatable bonds is 9. The lowest BCUT2D eigenvalue weighted by molar-refractivity contribution is 0.476. The van der Waals surface area contributed by atoms with E-state index in [4.69, 9.17) is 0 Å². The Balaban J connectivity index is 0.00000420. The van der Waals surface area contributed by atoms with E-state index in [-0.39, 0.29) is 36.3 Å². The molecule has 0 aliphatic rings. The molecular weight excluding hydrogens is 499 g/mol. The number of hydrogen-bond acceptors (Lipinski definition) is 3. The molecule has 0 aliphatic heterocycles. The molecule has 2 aromatic carbocycles. The maximum absolute atomic E-state index is 12.2. The van der Waals surface area contributed by atoms with Gasteiger partial charge in [0.15, 0.2) is 5.96 Å². The van der Waals surface area contributed by atoms with Crippen LogP contribution in [0.2, 0.25) is 0 Å². The van der Waals surface area contributed by atoms with Crippen LogP contribution < -0.4 is 10.0 Å². The molecule has 0 aliphatic carbocycles. The lowest BCUT2D eigenvalue weighted by atomic mass is 10.1. The lowest BCUT2D eigenvalue weighted by Gasteiger charge is -2.23. The van der Waals surface area contributed by atoms with E-state index in [1.807, 2.05) is 61.3 Å². The molecule has 0 heterocycles. The van der Waals surface area contributed by atoms with Gasteiger partial charge in [-0.3, -0.25) is 4.99 Å². The average Bonchev–Trinajstić information content (AvgIpc) is 2.68. The van der Waals surface area contributed by atoms with Crippen molar-refractivity contribution in [1.82, 2.24) is 14.9 Å². The van der Waals surface area contributed by atoms with Gasteiger partial charge in [-0.15, -0.1) is 24.0 Å². The van der Waals surface area contributed by atoms with E-state index in [1.165, 1.54) is 11.1 Å². The molecule has 0 atom stereocenters. The molecule has 0 spiro atoms. The Hall–Kier alpha value is -1.65. The van der Waals surface area contributed by atoms with E-state index in [2.05, 4.69) is 34.1 Å². The van der Waals surface area contributed by atoms with Crippen molar-refractivity contribution in [3.63, 3.8) is 0 Å². The summed E-state index contributed by atoms with van der Waals surface area (Å²) < 4.78 is 27.1. The number of sulfonamides is 1. The van der Waals surface area contributed by atoms with E-state index in [0.29, 0.717) is 19.0 Å². The molecule has 0 amide bonds. The first-order chi connectivity index (χ1) is 13.4. The highest BCUT2D eigenvalue weighted by Crippen LogP contribution is 2.09. The molecule has 2 aromatic rings. The third-order valence-electron chi connectivity index (χ3n) is 4.33. The highest BCUT2D eigenvalue weighted by Gasteiger charge is 2.11. The van der Waals surface area contributed by atoms with Crippen molar-refractivity contribution in [3.05, 3.63) is 71.3 Å². The molecule has 160 valence electrons. The minimum Gasteiger partial charge on any atom is -0.357 e. The van der Waals surface area contributed by atoms with Crippen LogP contribution in [0.3, 0.4) is 0 Å². The number of halogens is 1. The van der Waals surface area contributed by atoms with E-state index < -0.39 is 10.0 Å². The van der Waals surface area contributed by atoms with Crippen LogP contribution in [-0.2, 0) is 23.1 Å². The first-order valence-electron chi connectivity index (χ1n) is 9.46. The van der Waals surface area contributed by atoms with Crippen LogP contribution in [-0.4, -0.2) is 45.2 Å². The van der Waals surface area contributed by atoms with Crippen molar-refractivity contribution in [1.29, 1.82) is 0 Å². The zero-order valence-electron chi connectivity index (χ0n) is 17.3. The second-order valence-corrected chi connectivity index (χ2v) is 8.57. The Morgan fingerprint density at radius 1 is 1.07 bits per heavy atom. The third-order valence-corrected chi connectivity index (χ3v) is 5.63. The van der Waals surface area contributed by atoms with Gasteiger partial charge in [0.25, 0.3) is 0 Å². The van der Waals surface area contributed by atoms with Crippen molar-refractivity contribution < 1.29 is 8.42 Å². The summed E-state index contributed by atoms with van der Waals surface area (Å²) in [5.41, 5.74) is 3.37. The van der Waals surface area contributed by atoms with Gasteiger partial charge in [0.1, 0.15) is 0 Å². The zero-order valence-corrected chi connectivity index (χ0v) is 20.4. The Morgan fingerprint density at radius 2 is 1.72 bits per heavy atom. The molecule has 0 aromatic heterocycles. The lowest BCUT2D eigenvalue weighted by Crippen LogP contribution is -2.39. The molecule has 6 nitrogen and oxygen atoms in total. The van der Waals surface area contributed by atoms with Gasteiger partial charge in [-0.1, -0.05) is 54.6 Å². The SMILES string of the molecule is CCNC(=NCCS(=O)(=O)NCc1ccccc1)N(C)Cc1ccccc1C.I. The van der Waals surface area contributed by atoms with Gasteiger partial charge in [0.05, 0.1) is 12.3 Å². The summed E-state index contributed by atoms with van der Waals surface area (Å²) >= 11 is 0. The van der Waals surface area contributed by atoms with Gasteiger partial charge in [0, 0.05) is 26.7 Å². The fourth-order valence-electron chi connectivity index (χ4n) is 2.72. The number of aliphatic imine (C=N–C) groups is 1. The number of benzene rings is 2. The fourth-order valence-corrected chi connectivity index (χ4v) is 3.58. The summed E-state index contributed by atoms with van der Waals surface area (Å²) in [7, 11) is -1.43. The Labute approximate surface area is 191 Å². The first-order valence-corrected chi connectivity index (χ1v) is 11.1. The Bertz CT molecular complexity index is 873. The Morgan fingerprint density at radius 3 is 2.38 bits per heavy atom. The molecule has 2 rings (SSSR count). The number of nitrogens with zero attached hydrogens (tertiary/aromatic N) is 2. The van der Waals surface area contributed by atoms with Gasteiger partial charge in [0.2, 0.25) is 10.0 Å². The van der Waals surface area contributed by atoms with Crippen LogP contribution in [0.5, 0.6) is 0 Å². The molecule has 0 bridgehead atoms. The van der Waals surface area contributed by atoms with Gasteiger partial charge in [-0.05, 0) is 30.5 Å². The molecule has 0 radical (unpaired) electrons. The summed E-state index contributed by atoms with van der Waals surface area (Å²) in [5, 5.41) is 3.23. The van der Waals surface area contributed by atoms with E-state index in [1.54, 1.807) is 0 Å². The molecule has 0 saturated heterocycles. The van der Waals surface area contributed by atoms with Crippen LogP contribution in [0, 0.1) is 6.92 Å². The minimum atomic E-state index is -3.39. The zero-order chi connectivity index (χ0) is 20.4. The Kier molecular flexibility index (Phi) is 11.2. The highest BCUT2D eigenvalue weighted by atomic mass is 127. The van der Waals surface area contributed by atoms with Gasteiger partial charge < -0.3 is 10.2 Å². The van der Waals surface area contributed by atoms with Crippen molar-refractivity contribution >= 4 is 40.0 Å². The topological polar surface area (TPSA) is 73.8 Å². The maximum Gasteiger partial charge on any atom is 0.213 e. The molecule has 2 N–H and O–H groups in total. The van der Waals surface area contributed by atoms with Gasteiger partial charge in [-0.25, -0.2) is 13.1 Å². The van der Waals surface area contributed by atoms with E-state index in [0.717, 1.165) is 12.1 Å². The molecular formula is C21H31IN4O2S. The molecule has 8 heteroatoms. The first kappa shape index (κ1) is 25.4. The standard InChI is InChI=1S/C21H30N4O2S.HI/c1-4-22-21(25(3)17-20-13-9-8-10-18(20)2)23-14-15-28(26,27)24-16-19-11-6-5-7-12-19;/h5-13,24H,4,14-17H2,1-3H3,(H,22,23);1H. The van der Waals surface area contributed by atoms with E-state index in [9.17, 15) is 8.42 Å². The van der Waals surface area contributed by atoms with Crippen molar-refractivity contribution in [2.75, 3.05) is 25.9 Å². The quantitative estimate of drug-likeness (QED) is 0.297. The van der Waals surface area contributed by atoms with Crippen molar-refractivity contribution in [2.45, 2.75) is 26.9 Å². The summed E-state index contributed by atoms with van der Waals surface area (Å²) in [6, 6.07) is 17.7. The highest BCUT2D eigenvalue weighted by molar-refractivity contribution is 14.0. The second-order valence-electron chi connectivity index (χ2n) is 6.64. The summed E-state index contributed by atoms with van der Waals surface area (Å²) in [5.74, 6) is 0.649. The maximum atomic E-state index is 12.2. The molecule has 0 saturated carbocycles. The largest absolute Gasteiger partial charge is 0.357 e. The van der Waals surface area contributed by atoms with Crippen molar-refractivity contribution in [2.24, 2.45) is 4.99 Å². The molecule has 0 unspecified atom stereocenters. The third kappa shape index (κ3) is 9.14. The monoisotopic (exact) mass is 530 g/mol. The van der Waals surface area contributed by atoms with Crippen molar-refractivity contribution in [3.8, 4) is 0 Å². The van der Waals surface area contributed by atoms with Gasteiger partial charge >= 0.3 is 0 Å². The number of guanidine groups is 1. The van der Waals surface area contributed by atoms with E-state index >= 15 is 0 Å². The molecule has 29 heavy (non-hydrogen) atoms. The van der Waals surface area contributed by atoms with Gasteiger partial charge in [-0.2, -0.15) is 0 Å². The molecule has 0 fully saturated rings. The smallest absolute Gasteiger partial charge is 0.213 e. The second kappa shape index (κ2) is 12.8. The van der Waals surface area contributed by atoms with Crippen LogP contribution >= 0.6 is 24.0 Å². The normalized spacial score (nSPS) is 11.6. The van der Waals surface area contributed by atoms with Crippen LogP contribution in [0.25, 0.3) is 0 Å². The average molecular weight is 530 g/mol. The fraction of sp³-hybridized carbons (Fsp3) is 0.381. The predicted molar refractivity (Wildman–Crippen MR) is 131 cm³/mol. The number of aryl methyl sites for hydroxylation is 1.